The van der Waals surface area contributed by atoms with Gasteiger partial charge in [-0.2, -0.15) is 0 Å². The monoisotopic (exact) mass is 288 g/mol. The van der Waals surface area contributed by atoms with Gasteiger partial charge in [-0.05, 0) is 18.2 Å². The lowest BCUT2D eigenvalue weighted by atomic mass is 10.2. The number of benzene rings is 1. The first kappa shape index (κ1) is 12.4. The Hall–Kier alpha value is -1.03. The number of hydrogen-bond donors (Lipinski definition) is 1. The van der Waals surface area contributed by atoms with Gasteiger partial charge in [0.15, 0.2) is 0 Å². The summed E-state index contributed by atoms with van der Waals surface area (Å²) in [5.41, 5.74) is 0.884. The van der Waals surface area contributed by atoms with Gasteiger partial charge in [-0.1, -0.05) is 23.2 Å². The van der Waals surface area contributed by atoms with Crippen LogP contribution in [0.1, 0.15) is 5.69 Å². The van der Waals surface area contributed by atoms with E-state index in [1.54, 1.807) is 18.2 Å². The molecule has 0 saturated carbocycles. The number of alkyl halides is 1. The molecule has 0 bridgehead atoms. The summed E-state index contributed by atoms with van der Waals surface area (Å²) in [6.07, 6.45) is 0. The van der Waals surface area contributed by atoms with Crippen molar-refractivity contribution in [3.63, 3.8) is 0 Å². The lowest BCUT2D eigenvalue weighted by molar-refractivity contribution is 1.06. The molecule has 88 valence electrons. The Morgan fingerprint density at radius 3 is 2.35 bits per heavy atom. The average Bonchev–Trinajstić information content (AvgIpc) is 2.26. The molecule has 0 aliphatic heterocycles. The second kappa shape index (κ2) is 5.08. The zero-order valence-corrected chi connectivity index (χ0v) is 10.8. The molecule has 0 atom stereocenters. The lowest BCUT2D eigenvalue weighted by Gasteiger charge is -2.04. The molecule has 2 aromatic rings. The second-order valence-electron chi connectivity index (χ2n) is 3.38. The molecule has 0 unspecified atom stereocenters. The van der Waals surface area contributed by atoms with Crippen LogP contribution in [0.5, 0.6) is 0 Å². The maximum Gasteiger partial charge on any atom is 0.251 e. The summed E-state index contributed by atoms with van der Waals surface area (Å²) in [4.78, 5) is 18.2. The Morgan fingerprint density at radius 1 is 1.12 bits per heavy atom. The standard InChI is InChI=1S/C11H7Cl3N2O/c12-5-9-4-10(17)16-11(15-9)6-1-7(13)3-8(14)2-6/h1-4H,5H2,(H,15,16,17). The van der Waals surface area contributed by atoms with Crippen molar-refractivity contribution in [2.24, 2.45) is 0 Å². The molecule has 0 amide bonds. The fraction of sp³-hybridized carbons (Fsp3) is 0.0909. The molecule has 0 aliphatic rings. The van der Waals surface area contributed by atoms with Gasteiger partial charge in [0.1, 0.15) is 5.82 Å². The number of H-pyrrole nitrogens is 1. The van der Waals surface area contributed by atoms with Crippen LogP contribution in [0.4, 0.5) is 0 Å². The molecular weight excluding hydrogens is 282 g/mol. The summed E-state index contributed by atoms with van der Waals surface area (Å²) >= 11 is 17.4. The van der Waals surface area contributed by atoms with Gasteiger partial charge < -0.3 is 4.98 Å². The minimum Gasteiger partial charge on any atom is -0.307 e. The van der Waals surface area contributed by atoms with E-state index in [-0.39, 0.29) is 11.4 Å². The Morgan fingerprint density at radius 2 is 1.76 bits per heavy atom. The van der Waals surface area contributed by atoms with Crippen LogP contribution >= 0.6 is 34.8 Å². The number of halogens is 3. The minimum absolute atomic E-state index is 0.172. The molecule has 3 nitrogen and oxygen atoms in total. The van der Waals surface area contributed by atoms with Gasteiger partial charge in [0.2, 0.25) is 0 Å². The maximum absolute atomic E-state index is 11.4. The van der Waals surface area contributed by atoms with Crippen molar-refractivity contribution >= 4 is 34.8 Å². The minimum atomic E-state index is -0.262. The summed E-state index contributed by atoms with van der Waals surface area (Å²) in [6.45, 7) is 0. The molecule has 0 aliphatic carbocycles. The average molecular weight is 290 g/mol. The highest BCUT2D eigenvalue weighted by Crippen LogP contribution is 2.24. The van der Waals surface area contributed by atoms with Crippen molar-refractivity contribution < 1.29 is 0 Å². The molecule has 1 heterocycles. The van der Waals surface area contributed by atoms with E-state index in [2.05, 4.69) is 9.97 Å². The van der Waals surface area contributed by atoms with E-state index in [0.29, 0.717) is 27.1 Å². The Balaban J connectivity index is 2.59. The first-order valence-corrected chi connectivity index (χ1v) is 6.00. The van der Waals surface area contributed by atoms with Crippen LogP contribution in [0.25, 0.3) is 11.4 Å². The van der Waals surface area contributed by atoms with Gasteiger partial charge in [-0.25, -0.2) is 4.98 Å². The van der Waals surface area contributed by atoms with E-state index in [1.165, 1.54) is 6.07 Å². The zero-order valence-electron chi connectivity index (χ0n) is 8.51. The van der Waals surface area contributed by atoms with Crippen LogP contribution in [0, 0.1) is 0 Å². The molecule has 6 heteroatoms. The predicted molar refractivity (Wildman–Crippen MR) is 69.9 cm³/mol. The molecule has 0 radical (unpaired) electrons. The predicted octanol–water partition coefficient (Wildman–Crippen LogP) is 3.48. The smallest absolute Gasteiger partial charge is 0.251 e. The number of rotatable bonds is 2. The Labute approximate surface area is 112 Å². The van der Waals surface area contributed by atoms with Crippen LogP contribution in [-0.4, -0.2) is 9.97 Å². The van der Waals surface area contributed by atoms with Crippen LogP contribution in [-0.2, 0) is 5.88 Å². The SMILES string of the molecule is O=c1cc(CCl)nc(-c2cc(Cl)cc(Cl)c2)[nH]1. The summed E-state index contributed by atoms with van der Waals surface area (Å²) in [7, 11) is 0. The van der Waals surface area contributed by atoms with Gasteiger partial charge in [0.05, 0.1) is 11.6 Å². The van der Waals surface area contributed by atoms with Gasteiger partial charge >= 0.3 is 0 Å². The highest BCUT2D eigenvalue weighted by molar-refractivity contribution is 6.35. The first-order chi connectivity index (χ1) is 8.08. The maximum atomic E-state index is 11.4. The third-order valence-corrected chi connectivity index (χ3v) is 2.78. The second-order valence-corrected chi connectivity index (χ2v) is 4.52. The fourth-order valence-electron chi connectivity index (χ4n) is 1.40. The summed E-state index contributed by atoms with van der Waals surface area (Å²) in [6, 6.07) is 6.30. The molecule has 2 rings (SSSR count). The molecule has 1 N–H and O–H groups in total. The van der Waals surface area contributed by atoms with Crippen LogP contribution in [0.15, 0.2) is 29.1 Å². The third kappa shape index (κ3) is 3.00. The van der Waals surface area contributed by atoms with E-state index >= 15 is 0 Å². The van der Waals surface area contributed by atoms with Crippen molar-refractivity contribution in [3.05, 3.63) is 50.4 Å². The van der Waals surface area contributed by atoms with E-state index in [1.807, 2.05) is 0 Å². The molecule has 0 fully saturated rings. The van der Waals surface area contributed by atoms with Gasteiger partial charge in [-0.15, -0.1) is 11.6 Å². The zero-order chi connectivity index (χ0) is 12.4. The van der Waals surface area contributed by atoms with E-state index in [4.69, 9.17) is 34.8 Å². The normalized spacial score (nSPS) is 10.5. The van der Waals surface area contributed by atoms with Gasteiger partial charge in [0, 0.05) is 21.7 Å². The quantitative estimate of drug-likeness (QED) is 0.860. The van der Waals surface area contributed by atoms with E-state index in [0.717, 1.165) is 0 Å². The highest BCUT2D eigenvalue weighted by Gasteiger charge is 2.05. The molecule has 0 saturated heterocycles. The first-order valence-electron chi connectivity index (χ1n) is 4.71. The Bertz CT molecular complexity index is 590. The number of nitrogens with zero attached hydrogens (tertiary/aromatic N) is 1. The Kier molecular flexibility index (Phi) is 3.72. The van der Waals surface area contributed by atoms with Crippen molar-refractivity contribution in [1.29, 1.82) is 0 Å². The molecular formula is C11H7Cl3N2O. The highest BCUT2D eigenvalue weighted by atomic mass is 35.5. The number of aromatic amines is 1. The molecule has 0 spiro atoms. The lowest BCUT2D eigenvalue weighted by Crippen LogP contribution is -2.09. The van der Waals surface area contributed by atoms with E-state index in [9.17, 15) is 4.79 Å². The topological polar surface area (TPSA) is 45.8 Å². The third-order valence-electron chi connectivity index (χ3n) is 2.07. The van der Waals surface area contributed by atoms with Crippen LogP contribution in [0.3, 0.4) is 0 Å². The molecule has 1 aromatic heterocycles. The van der Waals surface area contributed by atoms with Crippen molar-refractivity contribution in [2.45, 2.75) is 5.88 Å². The number of aromatic nitrogens is 2. The molecule has 17 heavy (non-hydrogen) atoms. The summed E-state index contributed by atoms with van der Waals surface area (Å²) < 4.78 is 0. The number of nitrogens with one attached hydrogen (secondary N) is 1. The van der Waals surface area contributed by atoms with Crippen LogP contribution in [0.2, 0.25) is 10.0 Å². The summed E-state index contributed by atoms with van der Waals surface area (Å²) in [5.74, 6) is 0.572. The summed E-state index contributed by atoms with van der Waals surface area (Å²) in [5, 5.41) is 0.956. The fourth-order valence-corrected chi connectivity index (χ4v) is 2.07. The van der Waals surface area contributed by atoms with Crippen molar-refractivity contribution in [1.82, 2.24) is 9.97 Å². The van der Waals surface area contributed by atoms with E-state index < -0.39 is 0 Å². The number of hydrogen-bond acceptors (Lipinski definition) is 2. The van der Waals surface area contributed by atoms with Crippen molar-refractivity contribution in [3.8, 4) is 11.4 Å². The van der Waals surface area contributed by atoms with Crippen molar-refractivity contribution in [2.75, 3.05) is 0 Å². The van der Waals surface area contributed by atoms with Crippen LogP contribution < -0.4 is 5.56 Å². The largest absolute Gasteiger partial charge is 0.307 e. The van der Waals surface area contributed by atoms with Gasteiger partial charge in [-0.3, -0.25) is 4.79 Å². The van der Waals surface area contributed by atoms with Gasteiger partial charge in [0.25, 0.3) is 5.56 Å². The molecule has 1 aromatic carbocycles.